The maximum Gasteiger partial charge on any atom is 0.253 e. The van der Waals surface area contributed by atoms with Crippen molar-refractivity contribution in [2.24, 2.45) is 0 Å². The van der Waals surface area contributed by atoms with Crippen molar-refractivity contribution in [2.45, 2.75) is 20.4 Å². The fourth-order valence-corrected chi connectivity index (χ4v) is 3.43. The number of hydrogen-bond donors (Lipinski definition) is 0. The molecule has 138 valence electrons. The Morgan fingerprint density at radius 2 is 1.63 bits per heavy atom. The van der Waals surface area contributed by atoms with Crippen LogP contribution in [0, 0.1) is 13.8 Å². The molecule has 0 unspecified atom stereocenters. The van der Waals surface area contributed by atoms with Crippen LogP contribution in [0.15, 0.2) is 54.6 Å². The molecule has 3 aromatic rings. The molecule has 1 aliphatic rings. The van der Waals surface area contributed by atoms with E-state index in [1.807, 2.05) is 42.5 Å². The quantitative estimate of drug-likeness (QED) is 0.702. The number of ether oxygens (including phenoxy) is 2. The summed E-state index contributed by atoms with van der Waals surface area (Å²) in [5.74, 6) is 1.47. The fourth-order valence-electron chi connectivity index (χ4n) is 3.43. The first kappa shape index (κ1) is 17.2. The van der Waals surface area contributed by atoms with E-state index in [4.69, 9.17) is 9.47 Å². The van der Waals surface area contributed by atoms with Gasteiger partial charge >= 0.3 is 0 Å². The maximum absolute atomic E-state index is 12.8. The molecule has 27 heavy (non-hydrogen) atoms. The number of carbonyl (C=O) groups is 1. The normalized spacial score (nSPS) is 12.3. The van der Waals surface area contributed by atoms with E-state index < -0.39 is 0 Å². The SMILES string of the molecule is Cc1ccc(C)n1-c1ccc(C(=O)N(C)Cc2ccc3c(c2)OCO3)cc1. The lowest BCUT2D eigenvalue weighted by Crippen LogP contribution is -2.26. The zero-order chi connectivity index (χ0) is 19.0. The molecule has 0 aliphatic carbocycles. The van der Waals surface area contributed by atoms with E-state index in [1.54, 1.807) is 11.9 Å². The first-order valence-corrected chi connectivity index (χ1v) is 8.92. The van der Waals surface area contributed by atoms with Crippen LogP contribution >= 0.6 is 0 Å². The fraction of sp³-hybridized carbons (Fsp3) is 0.227. The van der Waals surface area contributed by atoms with Crippen molar-refractivity contribution in [2.75, 3.05) is 13.8 Å². The number of benzene rings is 2. The van der Waals surface area contributed by atoms with Gasteiger partial charge in [0.2, 0.25) is 6.79 Å². The van der Waals surface area contributed by atoms with E-state index in [0.29, 0.717) is 12.1 Å². The summed E-state index contributed by atoms with van der Waals surface area (Å²) < 4.78 is 12.9. The van der Waals surface area contributed by atoms with Gasteiger partial charge in [-0.2, -0.15) is 0 Å². The molecule has 0 atom stereocenters. The molecule has 1 amide bonds. The molecular formula is C22H22N2O3. The van der Waals surface area contributed by atoms with Gasteiger partial charge in [0.15, 0.2) is 11.5 Å². The molecule has 0 spiro atoms. The molecule has 1 aromatic heterocycles. The van der Waals surface area contributed by atoms with Gasteiger partial charge in [0.05, 0.1) is 0 Å². The summed E-state index contributed by atoms with van der Waals surface area (Å²) in [6.07, 6.45) is 0. The van der Waals surface area contributed by atoms with Crippen LogP contribution < -0.4 is 9.47 Å². The lowest BCUT2D eigenvalue weighted by molar-refractivity contribution is 0.0785. The molecule has 0 fully saturated rings. The molecular weight excluding hydrogens is 340 g/mol. The molecule has 1 aliphatic heterocycles. The second-order valence-corrected chi connectivity index (χ2v) is 6.85. The van der Waals surface area contributed by atoms with Crippen LogP contribution in [0.5, 0.6) is 11.5 Å². The third-order valence-corrected chi connectivity index (χ3v) is 4.85. The van der Waals surface area contributed by atoms with Crippen LogP contribution in [-0.2, 0) is 6.54 Å². The van der Waals surface area contributed by atoms with Gasteiger partial charge in [-0.3, -0.25) is 4.79 Å². The molecule has 0 N–H and O–H groups in total. The van der Waals surface area contributed by atoms with E-state index in [1.165, 1.54) is 11.4 Å². The summed E-state index contributed by atoms with van der Waals surface area (Å²) in [6.45, 7) is 4.91. The van der Waals surface area contributed by atoms with E-state index >= 15 is 0 Å². The van der Waals surface area contributed by atoms with Gasteiger partial charge in [0.25, 0.3) is 5.91 Å². The van der Waals surface area contributed by atoms with Gasteiger partial charge in [-0.25, -0.2) is 0 Å². The summed E-state index contributed by atoms with van der Waals surface area (Å²) in [5, 5.41) is 0. The van der Waals surface area contributed by atoms with Crippen LogP contribution in [0.1, 0.15) is 27.3 Å². The smallest absolute Gasteiger partial charge is 0.253 e. The zero-order valence-electron chi connectivity index (χ0n) is 15.7. The Hall–Kier alpha value is -3.21. The molecule has 0 saturated carbocycles. The Morgan fingerprint density at radius 3 is 2.33 bits per heavy atom. The van der Waals surface area contributed by atoms with Crippen LogP contribution in [0.3, 0.4) is 0 Å². The predicted octanol–water partition coefficient (Wildman–Crippen LogP) is 4.10. The predicted molar refractivity (Wildman–Crippen MR) is 104 cm³/mol. The summed E-state index contributed by atoms with van der Waals surface area (Å²) in [6, 6.07) is 17.7. The third kappa shape index (κ3) is 3.28. The monoisotopic (exact) mass is 362 g/mol. The Labute approximate surface area is 158 Å². The Kier molecular flexibility index (Phi) is 4.36. The molecule has 0 saturated heterocycles. The molecule has 5 heteroatoms. The summed E-state index contributed by atoms with van der Waals surface area (Å²) in [4.78, 5) is 14.5. The average molecular weight is 362 g/mol. The number of rotatable bonds is 4. The maximum atomic E-state index is 12.8. The van der Waals surface area contributed by atoms with Gasteiger partial charge in [0.1, 0.15) is 0 Å². The van der Waals surface area contributed by atoms with E-state index in [0.717, 1.165) is 22.7 Å². The number of nitrogens with zero attached hydrogens (tertiary/aromatic N) is 2. The number of hydrogen-bond acceptors (Lipinski definition) is 3. The second-order valence-electron chi connectivity index (χ2n) is 6.85. The van der Waals surface area contributed by atoms with Crippen molar-refractivity contribution >= 4 is 5.91 Å². The highest BCUT2D eigenvalue weighted by molar-refractivity contribution is 5.94. The van der Waals surface area contributed by atoms with Gasteiger partial charge in [0, 0.05) is 36.2 Å². The first-order valence-electron chi connectivity index (χ1n) is 8.92. The van der Waals surface area contributed by atoms with Crippen molar-refractivity contribution in [3.05, 3.63) is 77.1 Å². The van der Waals surface area contributed by atoms with Crippen molar-refractivity contribution in [3.63, 3.8) is 0 Å². The van der Waals surface area contributed by atoms with Gasteiger partial charge in [-0.1, -0.05) is 6.07 Å². The van der Waals surface area contributed by atoms with Crippen LogP contribution in [0.2, 0.25) is 0 Å². The molecule has 0 bridgehead atoms. The van der Waals surface area contributed by atoms with E-state index in [9.17, 15) is 4.79 Å². The Balaban J connectivity index is 1.49. The average Bonchev–Trinajstić information content (AvgIpc) is 3.27. The lowest BCUT2D eigenvalue weighted by Gasteiger charge is -2.18. The molecule has 2 aromatic carbocycles. The number of fused-ring (bicyclic) bond motifs is 1. The van der Waals surface area contributed by atoms with Crippen LogP contribution in [0.4, 0.5) is 0 Å². The minimum Gasteiger partial charge on any atom is -0.454 e. The highest BCUT2D eigenvalue weighted by atomic mass is 16.7. The molecule has 2 heterocycles. The topological polar surface area (TPSA) is 43.7 Å². The van der Waals surface area contributed by atoms with Gasteiger partial charge in [-0.05, 0) is 67.9 Å². The minimum atomic E-state index is -0.0137. The van der Waals surface area contributed by atoms with Crippen molar-refractivity contribution in [3.8, 4) is 17.2 Å². The second kappa shape index (κ2) is 6.83. The van der Waals surface area contributed by atoms with Gasteiger partial charge < -0.3 is 18.9 Å². The van der Waals surface area contributed by atoms with Crippen LogP contribution in [-0.4, -0.2) is 29.2 Å². The molecule has 0 radical (unpaired) electrons. The summed E-state index contributed by atoms with van der Waals surface area (Å²) in [5.41, 5.74) is 5.08. The number of carbonyl (C=O) groups excluding carboxylic acids is 1. The number of aryl methyl sites for hydroxylation is 2. The van der Waals surface area contributed by atoms with E-state index in [-0.39, 0.29) is 12.7 Å². The molecule has 5 nitrogen and oxygen atoms in total. The number of aromatic nitrogens is 1. The minimum absolute atomic E-state index is 0.0137. The molecule has 4 rings (SSSR count). The zero-order valence-corrected chi connectivity index (χ0v) is 15.7. The van der Waals surface area contributed by atoms with Crippen molar-refractivity contribution < 1.29 is 14.3 Å². The summed E-state index contributed by atoms with van der Waals surface area (Å²) >= 11 is 0. The van der Waals surface area contributed by atoms with Crippen molar-refractivity contribution in [1.82, 2.24) is 9.47 Å². The highest BCUT2D eigenvalue weighted by Crippen LogP contribution is 2.32. The lowest BCUT2D eigenvalue weighted by atomic mass is 10.1. The Morgan fingerprint density at radius 1 is 0.963 bits per heavy atom. The summed E-state index contributed by atoms with van der Waals surface area (Å²) in [7, 11) is 1.81. The van der Waals surface area contributed by atoms with Crippen molar-refractivity contribution in [1.29, 1.82) is 0 Å². The standard InChI is InChI=1S/C22H22N2O3/c1-15-4-5-16(2)24(15)19-9-7-18(8-10-19)22(25)23(3)13-17-6-11-20-21(12-17)27-14-26-20/h4-12H,13-14H2,1-3H3. The highest BCUT2D eigenvalue weighted by Gasteiger charge is 2.16. The van der Waals surface area contributed by atoms with Gasteiger partial charge in [-0.15, -0.1) is 0 Å². The van der Waals surface area contributed by atoms with Crippen LogP contribution in [0.25, 0.3) is 5.69 Å². The largest absolute Gasteiger partial charge is 0.454 e. The first-order chi connectivity index (χ1) is 13.0. The van der Waals surface area contributed by atoms with E-state index in [2.05, 4.69) is 30.5 Å². The third-order valence-electron chi connectivity index (χ3n) is 4.85. The number of amides is 1. The Bertz CT molecular complexity index is 970.